The predicted molar refractivity (Wildman–Crippen MR) is 109 cm³/mol. The lowest BCUT2D eigenvalue weighted by Crippen LogP contribution is -2.41. The van der Waals surface area contributed by atoms with Gasteiger partial charge in [-0.05, 0) is 48.6 Å². The predicted octanol–water partition coefficient (Wildman–Crippen LogP) is 4.92. The Morgan fingerprint density at radius 2 is 1.93 bits per heavy atom. The fraction of sp³-hybridized carbons (Fsp3) is 0.304. The third-order valence-corrected chi connectivity index (χ3v) is 5.63. The van der Waals surface area contributed by atoms with Gasteiger partial charge in [-0.1, -0.05) is 44.0 Å². The van der Waals surface area contributed by atoms with Gasteiger partial charge in [0.25, 0.3) is 5.91 Å². The zero-order valence-corrected chi connectivity index (χ0v) is 15.5. The number of para-hydroxylation sites is 1. The summed E-state index contributed by atoms with van der Waals surface area (Å²) in [6, 6.07) is 16.3. The second-order valence-corrected chi connectivity index (χ2v) is 7.49. The van der Waals surface area contributed by atoms with E-state index in [2.05, 4.69) is 29.4 Å². The number of aromatic amines is 1. The van der Waals surface area contributed by atoms with Crippen molar-refractivity contribution in [1.29, 1.82) is 5.26 Å². The van der Waals surface area contributed by atoms with Crippen LogP contribution in [0.1, 0.15) is 38.2 Å². The second-order valence-electron chi connectivity index (χ2n) is 7.49. The van der Waals surface area contributed by atoms with Crippen LogP contribution >= 0.6 is 0 Å². The van der Waals surface area contributed by atoms with Gasteiger partial charge in [-0.25, -0.2) is 0 Å². The molecule has 0 unspecified atom stereocenters. The van der Waals surface area contributed by atoms with Gasteiger partial charge in [-0.15, -0.1) is 0 Å². The van der Waals surface area contributed by atoms with Crippen molar-refractivity contribution in [3.05, 3.63) is 53.6 Å². The standard InChI is InChI=1S/C23H23N3O/c1-15-6-2-4-8-20(15)26-23(27)17(14-24)12-16-10-11-22-19(13-16)18-7-3-5-9-21(18)25-22/h3,5,7,9-13,15,20,25H,2,4,6,8H2,1H3,(H,26,27)/b17-12+/t15-,20+/m0/s1. The van der Waals surface area contributed by atoms with E-state index in [0.29, 0.717) is 5.92 Å². The van der Waals surface area contributed by atoms with Crippen molar-refractivity contribution in [3.63, 3.8) is 0 Å². The van der Waals surface area contributed by atoms with Crippen LogP contribution in [0.3, 0.4) is 0 Å². The lowest BCUT2D eigenvalue weighted by molar-refractivity contribution is -0.118. The van der Waals surface area contributed by atoms with Crippen LogP contribution in [0.15, 0.2) is 48.0 Å². The number of nitrogens with zero attached hydrogens (tertiary/aromatic N) is 1. The molecule has 2 aromatic carbocycles. The molecule has 1 aliphatic carbocycles. The quantitative estimate of drug-likeness (QED) is 0.516. The Morgan fingerprint density at radius 1 is 1.15 bits per heavy atom. The third-order valence-electron chi connectivity index (χ3n) is 5.63. The Bertz CT molecular complexity index is 1070. The summed E-state index contributed by atoms with van der Waals surface area (Å²) in [5.74, 6) is 0.195. The summed E-state index contributed by atoms with van der Waals surface area (Å²) >= 11 is 0. The monoisotopic (exact) mass is 357 g/mol. The molecule has 3 aromatic rings. The van der Waals surface area contributed by atoms with Gasteiger partial charge < -0.3 is 10.3 Å². The molecule has 1 aromatic heterocycles. The van der Waals surface area contributed by atoms with E-state index >= 15 is 0 Å². The van der Waals surface area contributed by atoms with Crippen LogP contribution in [-0.4, -0.2) is 16.9 Å². The van der Waals surface area contributed by atoms with E-state index in [0.717, 1.165) is 46.6 Å². The fourth-order valence-electron chi connectivity index (χ4n) is 4.05. The van der Waals surface area contributed by atoms with E-state index in [1.165, 1.54) is 6.42 Å². The normalized spacial score (nSPS) is 20.5. The minimum absolute atomic E-state index is 0.159. The van der Waals surface area contributed by atoms with Crippen molar-refractivity contribution in [3.8, 4) is 6.07 Å². The number of carbonyl (C=O) groups excluding carboxylic acids is 1. The first kappa shape index (κ1) is 17.4. The molecular formula is C23H23N3O. The molecule has 1 amide bonds. The first-order valence-electron chi connectivity index (χ1n) is 9.59. The Hall–Kier alpha value is -3.06. The van der Waals surface area contributed by atoms with Crippen molar-refractivity contribution in [1.82, 2.24) is 10.3 Å². The minimum atomic E-state index is -0.268. The molecule has 4 heteroatoms. The van der Waals surface area contributed by atoms with Crippen LogP contribution in [0, 0.1) is 17.2 Å². The Morgan fingerprint density at radius 3 is 2.74 bits per heavy atom. The van der Waals surface area contributed by atoms with Crippen molar-refractivity contribution >= 4 is 33.8 Å². The maximum atomic E-state index is 12.6. The van der Waals surface area contributed by atoms with Gasteiger partial charge in [0.15, 0.2) is 0 Å². The minimum Gasteiger partial charge on any atom is -0.355 e. The average Bonchev–Trinajstić information content (AvgIpc) is 3.06. The topological polar surface area (TPSA) is 68.7 Å². The molecule has 0 saturated heterocycles. The van der Waals surface area contributed by atoms with Gasteiger partial charge in [0.2, 0.25) is 0 Å². The number of hydrogen-bond donors (Lipinski definition) is 2. The number of benzene rings is 2. The lowest BCUT2D eigenvalue weighted by Gasteiger charge is -2.29. The second kappa shape index (κ2) is 7.28. The first-order chi connectivity index (χ1) is 13.2. The third kappa shape index (κ3) is 3.46. The Labute approximate surface area is 158 Å². The van der Waals surface area contributed by atoms with Gasteiger partial charge in [0.05, 0.1) is 0 Å². The van der Waals surface area contributed by atoms with Crippen LogP contribution in [0.4, 0.5) is 0 Å². The number of nitriles is 1. The average molecular weight is 357 g/mol. The Balaban J connectivity index is 1.63. The summed E-state index contributed by atoms with van der Waals surface area (Å²) in [6.45, 7) is 2.17. The number of hydrogen-bond acceptors (Lipinski definition) is 2. The molecule has 2 N–H and O–H groups in total. The molecule has 0 bridgehead atoms. The number of rotatable bonds is 3. The molecule has 2 atom stereocenters. The molecule has 136 valence electrons. The molecule has 1 aliphatic rings. The maximum absolute atomic E-state index is 12.6. The number of amides is 1. The molecule has 0 spiro atoms. The van der Waals surface area contributed by atoms with Gasteiger partial charge in [0, 0.05) is 27.8 Å². The zero-order chi connectivity index (χ0) is 18.8. The summed E-state index contributed by atoms with van der Waals surface area (Å²) in [6.07, 6.45) is 6.17. The lowest BCUT2D eigenvalue weighted by atomic mass is 9.86. The molecule has 0 aliphatic heterocycles. The summed E-state index contributed by atoms with van der Waals surface area (Å²) in [5, 5.41) is 14.8. The van der Waals surface area contributed by atoms with E-state index in [1.54, 1.807) is 6.08 Å². The number of nitrogens with one attached hydrogen (secondary N) is 2. The van der Waals surface area contributed by atoms with Crippen molar-refractivity contribution < 1.29 is 4.79 Å². The highest BCUT2D eigenvalue weighted by atomic mass is 16.1. The molecule has 4 rings (SSSR count). The van der Waals surface area contributed by atoms with Gasteiger partial charge in [-0.2, -0.15) is 5.26 Å². The fourth-order valence-corrected chi connectivity index (χ4v) is 4.05. The van der Waals surface area contributed by atoms with E-state index in [-0.39, 0.29) is 17.5 Å². The number of aromatic nitrogens is 1. The van der Waals surface area contributed by atoms with E-state index < -0.39 is 0 Å². The largest absolute Gasteiger partial charge is 0.355 e. The van der Waals surface area contributed by atoms with Crippen LogP contribution in [-0.2, 0) is 4.79 Å². The van der Waals surface area contributed by atoms with E-state index in [4.69, 9.17) is 0 Å². The van der Waals surface area contributed by atoms with Crippen molar-refractivity contribution in [2.24, 2.45) is 5.92 Å². The Kier molecular flexibility index (Phi) is 4.68. The molecule has 27 heavy (non-hydrogen) atoms. The first-order valence-corrected chi connectivity index (χ1v) is 9.59. The number of H-pyrrole nitrogens is 1. The number of carbonyl (C=O) groups is 1. The molecule has 1 fully saturated rings. The highest BCUT2D eigenvalue weighted by Gasteiger charge is 2.24. The van der Waals surface area contributed by atoms with Crippen molar-refractivity contribution in [2.45, 2.75) is 38.6 Å². The zero-order valence-electron chi connectivity index (χ0n) is 15.5. The molecular weight excluding hydrogens is 334 g/mol. The van der Waals surface area contributed by atoms with Crippen LogP contribution in [0.25, 0.3) is 27.9 Å². The number of fused-ring (bicyclic) bond motifs is 3. The molecule has 0 radical (unpaired) electrons. The van der Waals surface area contributed by atoms with E-state index in [9.17, 15) is 10.1 Å². The molecule has 1 saturated carbocycles. The summed E-state index contributed by atoms with van der Waals surface area (Å²) in [7, 11) is 0. The SMILES string of the molecule is C[C@H]1CCCC[C@H]1NC(=O)/C(C#N)=C/c1ccc2[nH]c3ccccc3c2c1. The van der Waals surface area contributed by atoms with Gasteiger partial charge in [-0.3, -0.25) is 4.79 Å². The van der Waals surface area contributed by atoms with Crippen LogP contribution in [0.5, 0.6) is 0 Å². The summed E-state index contributed by atoms with van der Waals surface area (Å²) in [5.41, 5.74) is 3.15. The summed E-state index contributed by atoms with van der Waals surface area (Å²) < 4.78 is 0. The van der Waals surface area contributed by atoms with E-state index in [1.807, 2.05) is 36.4 Å². The smallest absolute Gasteiger partial charge is 0.262 e. The van der Waals surface area contributed by atoms with Crippen LogP contribution in [0.2, 0.25) is 0 Å². The van der Waals surface area contributed by atoms with Crippen molar-refractivity contribution in [2.75, 3.05) is 0 Å². The van der Waals surface area contributed by atoms with Gasteiger partial charge in [0.1, 0.15) is 11.6 Å². The highest BCUT2D eigenvalue weighted by molar-refractivity contribution is 6.08. The molecule has 1 heterocycles. The maximum Gasteiger partial charge on any atom is 0.262 e. The summed E-state index contributed by atoms with van der Waals surface area (Å²) in [4.78, 5) is 16.0. The molecule has 4 nitrogen and oxygen atoms in total. The van der Waals surface area contributed by atoms with Gasteiger partial charge >= 0.3 is 0 Å². The van der Waals surface area contributed by atoms with Crippen LogP contribution < -0.4 is 5.32 Å². The highest BCUT2D eigenvalue weighted by Crippen LogP contribution is 2.27.